The van der Waals surface area contributed by atoms with Gasteiger partial charge in [-0.15, -0.1) is 6.58 Å². The van der Waals surface area contributed by atoms with Gasteiger partial charge in [0.05, 0.1) is 11.7 Å². The Morgan fingerprint density at radius 2 is 1.94 bits per heavy atom. The summed E-state index contributed by atoms with van der Waals surface area (Å²) in [5, 5.41) is 16.1. The van der Waals surface area contributed by atoms with E-state index in [0.717, 1.165) is 42.5 Å². The Labute approximate surface area is 194 Å². The van der Waals surface area contributed by atoms with Gasteiger partial charge in [-0.1, -0.05) is 48.0 Å². The number of nitrogens with zero attached hydrogens (tertiary/aromatic N) is 3. The van der Waals surface area contributed by atoms with Crippen molar-refractivity contribution in [2.24, 2.45) is 7.05 Å². The molecule has 32 heavy (non-hydrogen) atoms. The maximum atomic E-state index is 10.6. The van der Waals surface area contributed by atoms with Crippen LogP contribution < -0.4 is 4.74 Å². The third-order valence-electron chi connectivity index (χ3n) is 5.74. The van der Waals surface area contributed by atoms with Crippen LogP contribution in [0.2, 0.25) is 5.02 Å². The summed E-state index contributed by atoms with van der Waals surface area (Å²) in [6.07, 6.45) is 5.32. The van der Waals surface area contributed by atoms with Crippen molar-refractivity contribution < 1.29 is 9.84 Å². The summed E-state index contributed by atoms with van der Waals surface area (Å²) in [7, 11) is 1.90. The molecular formula is C26H30ClN3O2. The first kappa shape index (κ1) is 22.6. The van der Waals surface area contributed by atoms with Crippen molar-refractivity contribution in [2.45, 2.75) is 44.4 Å². The molecule has 1 unspecified atom stereocenters. The number of aliphatic hydroxyl groups excluding tert-OH is 1. The second-order valence-electron chi connectivity index (χ2n) is 8.36. The van der Waals surface area contributed by atoms with Crippen LogP contribution in [-0.2, 0) is 13.6 Å². The van der Waals surface area contributed by atoms with E-state index in [0.29, 0.717) is 35.8 Å². The summed E-state index contributed by atoms with van der Waals surface area (Å²) < 4.78 is 8.10. The average Bonchev–Trinajstić information content (AvgIpc) is 3.60. The van der Waals surface area contributed by atoms with Crippen molar-refractivity contribution in [3.63, 3.8) is 0 Å². The monoisotopic (exact) mass is 451 g/mol. The zero-order valence-electron chi connectivity index (χ0n) is 18.5. The fourth-order valence-electron chi connectivity index (χ4n) is 3.92. The molecule has 1 fully saturated rings. The number of hydrogen-bond acceptors (Lipinski definition) is 4. The number of hydrogen-bond donors (Lipinski definition) is 1. The molecule has 6 heteroatoms. The lowest BCUT2D eigenvalue weighted by atomic mass is 10.1. The van der Waals surface area contributed by atoms with E-state index in [-0.39, 0.29) is 6.10 Å². The average molecular weight is 452 g/mol. The fourth-order valence-corrected chi connectivity index (χ4v) is 4.05. The van der Waals surface area contributed by atoms with Gasteiger partial charge in [0, 0.05) is 36.8 Å². The summed E-state index contributed by atoms with van der Waals surface area (Å²) >= 11 is 6.05. The Balaban J connectivity index is 1.67. The fraction of sp³-hybridized carbons (Fsp3) is 0.346. The van der Waals surface area contributed by atoms with Crippen molar-refractivity contribution in [3.8, 4) is 22.9 Å². The van der Waals surface area contributed by atoms with Crippen molar-refractivity contribution in [3.05, 3.63) is 77.8 Å². The van der Waals surface area contributed by atoms with Crippen LogP contribution >= 0.6 is 11.6 Å². The van der Waals surface area contributed by atoms with Gasteiger partial charge in [0.2, 0.25) is 5.88 Å². The van der Waals surface area contributed by atoms with Gasteiger partial charge >= 0.3 is 0 Å². The van der Waals surface area contributed by atoms with Crippen LogP contribution in [0.25, 0.3) is 11.3 Å². The molecular weight excluding hydrogens is 422 g/mol. The van der Waals surface area contributed by atoms with E-state index in [2.05, 4.69) is 23.6 Å². The quantitative estimate of drug-likeness (QED) is 0.373. The first-order valence-corrected chi connectivity index (χ1v) is 11.5. The highest BCUT2D eigenvalue weighted by molar-refractivity contribution is 6.30. The molecule has 1 N–H and O–H groups in total. The van der Waals surface area contributed by atoms with Gasteiger partial charge < -0.3 is 9.84 Å². The molecule has 4 rings (SSSR count). The summed E-state index contributed by atoms with van der Waals surface area (Å²) in [5.41, 5.74) is 2.98. The van der Waals surface area contributed by atoms with E-state index < -0.39 is 0 Å². The normalized spacial score (nSPS) is 14.5. The minimum absolute atomic E-state index is 0.383. The van der Waals surface area contributed by atoms with E-state index in [9.17, 15) is 5.11 Å². The third-order valence-corrected chi connectivity index (χ3v) is 5.99. The number of aryl methyl sites for hydroxylation is 1. The van der Waals surface area contributed by atoms with E-state index in [1.165, 1.54) is 0 Å². The number of rotatable bonds is 11. The van der Waals surface area contributed by atoms with Gasteiger partial charge in [-0.3, -0.25) is 4.90 Å². The maximum absolute atomic E-state index is 10.6. The molecule has 3 aromatic rings. The van der Waals surface area contributed by atoms with Crippen molar-refractivity contribution in [1.82, 2.24) is 14.7 Å². The van der Waals surface area contributed by atoms with Crippen molar-refractivity contribution >= 4 is 11.6 Å². The van der Waals surface area contributed by atoms with Crippen LogP contribution in [0.3, 0.4) is 0 Å². The number of ether oxygens (including phenoxy) is 1. The lowest BCUT2D eigenvalue weighted by Crippen LogP contribution is -2.34. The zero-order valence-corrected chi connectivity index (χ0v) is 19.2. The zero-order chi connectivity index (χ0) is 22.5. The summed E-state index contributed by atoms with van der Waals surface area (Å²) in [4.78, 5) is 2.37. The smallest absolute Gasteiger partial charge is 0.222 e. The first-order chi connectivity index (χ1) is 15.5. The number of benzene rings is 2. The Kier molecular flexibility index (Phi) is 7.30. The number of halogens is 1. The Morgan fingerprint density at radius 1 is 1.22 bits per heavy atom. The predicted octanol–water partition coefficient (Wildman–Crippen LogP) is 5.82. The Morgan fingerprint density at radius 3 is 2.59 bits per heavy atom. The molecule has 0 aliphatic heterocycles. The lowest BCUT2D eigenvalue weighted by molar-refractivity contribution is 0.0976. The third kappa shape index (κ3) is 5.60. The molecule has 0 amide bonds. The highest BCUT2D eigenvalue weighted by Crippen LogP contribution is 2.37. The molecule has 168 valence electrons. The minimum atomic E-state index is -0.383. The van der Waals surface area contributed by atoms with Gasteiger partial charge in [0.1, 0.15) is 11.4 Å². The Bertz CT molecular complexity index is 1030. The number of aliphatic hydroxyl groups is 1. The predicted molar refractivity (Wildman–Crippen MR) is 129 cm³/mol. The molecule has 0 radical (unpaired) electrons. The summed E-state index contributed by atoms with van der Waals surface area (Å²) in [6, 6.07) is 18.0. The standard InChI is InChI=1S/C26H30ClN3O2/c1-3-4-10-22(31)17-30(21-13-14-21)18-24-25(19-8-6-5-7-9-19)28-29(2)26(24)32-23-15-11-20(27)12-16-23/h3,5-9,11-12,15-16,21-22,31H,1,4,10,13-14,17-18H2,2H3. The number of aromatic nitrogens is 2. The molecule has 1 aliphatic rings. The van der Waals surface area contributed by atoms with E-state index in [1.807, 2.05) is 55.6 Å². The summed E-state index contributed by atoms with van der Waals surface area (Å²) in [5.74, 6) is 1.42. The van der Waals surface area contributed by atoms with Gasteiger partial charge in [0.15, 0.2) is 0 Å². The molecule has 1 aliphatic carbocycles. The van der Waals surface area contributed by atoms with Gasteiger partial charge in [-0.25, -0.2) is 4.68 Å². The van der Waals surface area contributed by atoms with Crippen LogP contribution in [0.4, 0.5) is 0 Å². The molecule has 0 bridgehead atoms. The van der Waals surface area contributed by atoms with Crippen LogP contribution in [0.15, 0.2) is 67.3 Å². The SMILES string of the molecule is C=CCCC(O)CN(Cc1c(-c2ccccc2)nn(C)c1Oc1ccc(Cl)cc1)C1CC1. The van der Waals surface area contributed by atoms with Crippen LogP contribution in [0.1, 0.15) is 31.2 Å². The highest BCUT2D eigenvalue weighted by Gasteiger charge is 2.32. The van der Waals surface area contributed by atoms with Crippen LogP contribution in [0, 0.1) is 0 Å². The van der Waals surface area contributed by atoms with Crippen molar-refractivity contribution in [2.75, 3.05) is 6.54 Å². The molecule has 0 spiro atoms. The van der Waals surface area contributed by atoms with Gasteiger partial charge in [0.25, 0.3) is 0 Å². The first-order valence-electron chi connectivity index (χ1n) is 11.1. The van der Waals surface area contributed by atoms with Crippen LogP contribution in [0.5, 0.6) is 11.6 Å². The molecule has 0 saturated heterocycles. The molecule has 1 heterocycles. The van der Waals surface area contributed by atoms with E-state index in [1.54, 1.807) is 4.68 Å². The molecule has 5 nitrogen and oxygen atoms in total. The van der Waals surface area contributed by atoms with Gasteiger partial charge in [-0.05, 0) is 49.9 Å². The highest BCUT2D eigenvalue weighted by atomic mass is 35.5. The summed E-state index contributed by atoms with van der Waals surface area (Å²) in [6.45, 7) is 5.06. The van der Waals surface area contributed by atoms with E-state index >= 15 is 0 Å². The van der Waals surface area contributed by atoms with E-state index in [4.69, 9.17) is 21.4 Å². The molecule has 1 aromatic heterocycles. The maximum Gasteiger partial charge on any atom is 0.222 e. The Hall–Kier alpha value is -2.60. The lowest BCUT2D eigenvalue weighted by Gasteiger charge is -2.25. The van der Waals surface area contributed by atoms with Crippen molar-refractivity contribution in [1.29, 1.82) is 0 Å². The minimum Gasteiger partial charge on any atom is -0.439 e. The molecule has 1 saturated carbocycles. The second-order valence-corrected chi connectivity index (χ2v) is 8.79. The second kappa shape index (κ2) is 10.3. The van der Waals surface area contributed by atoms with Crippen LogP contribution in [-0.4, -0.2) is 38.5 Å². The van der Waals surface area contributed by atoms with Gasteiger partial charge in [-0.2, -0.15) is 5.10 Å². The molecule has 2 aromatic carbocycles. The largest absolute Gasteiger partial charge is 0.439 e. The topological polar surface area (TPSA) is 50.5 Å². The molecule has 1 atom stereocenters. The number of allylic oxidation sites excluding steroid dienone is 1.